The molecule has 7 nitrogen and oxygen atoms in total. The minimum Gasteiger partial charge on any atom is -0.508 e. The van der Waals surface area contributed by atoms with E-state index in [-0.39, 0.29) is 11.3 Å². The van der Waals surface area contributed by atoms with Gasteiger partial charge in [-0.2, -0.15) is 0 Å². The normalized spacial score (nSPS) is 15.9. The maximum absolute atomic E-state index is 13.3. The molecule has 7 heteroatoms. The first-order valence-corrected chi connectivity index (χ1v) is 10.2. The quantitative estimate of drug-likeness (QED) is 0.544. The summed E-state index contributed by atoms with van der Waals surface area (Å²) in [5.41, 5.74) is 3.70. The molecule has 0 fully saturated rings. The Kier molecular flexibility index (Phi) is 4.37. The summed E-state index contributed by atoms with van der Waals surface area (Å²) >= 11 is 0. The number of benzene rings is 2. The zero-order valence-corrected chi connectivity index (χ0v) is 17.6. The highest BCUT2D eigenvalue weighted by molar-refractivity contribution is 5.96. The highest BCUT2D eigenvalue weighted by Crippen LogP contribution is 2.42. The fraction of sp³-hybridized carbons (Fsp3) is 0.250. The van der Waals surface area contributed by atoms with E-state index in [1.807, 2.05) is 49.4 Å². The van der Waals surface area contributed by atoms with E-state index in [1.165, 1.54) is 11.6 Å². The van der Waals surface area contributed by atoms with E-state index in [9.17, 15) is 14.7 Å². The van der Waals surface area contributed by atoms with Crippen molar-refractivity contribution in [1.82, 2.24) is 13.7 Å². The van der Waals surface area contributed by atoms with Crippen molar-refractivity contribution in [2.75, 3.05) is 6.61 Å². The van der Waals surface area contributed by atoms with Gasteiger partial charge in [0.25, 0.3) is 5.56 Å². The van der Waals surface area contributed by atoms with Gasteiger partial charge in [0.2, 0.25) is 0 Å². The zero-order valence-electron chi connectivity index (χ0n) is 17.6. The van der Waals surface area contributed by atoms with Crippen molar-refractivity contribution in [3.8, 4) is 17.0 Å². The van der Waals surface area contributed by atoms with Gasteiger partial charge in [-0.15, -0.1) is 0 Å². The first-order chi connectivity index (χ1) is 14.9. The maximum Gasteiger partial charge on any atom is 0.331 e. The van der Waals surface area contributed by atoms with E-state index in [2.05, 4.69) is 4.57 Å². The number of aryl methyl sites for hydroxylation is 2. The Morgan fingerprint density at radius 1 is 1.03 bits per heavy atom. The largest absolute Gasteiger partial charge is 0.508 e. The van der Waals surface area contributed by atoms with Gasteiger partial charge in [0.15, 0.2) is 0 Å². The Morgan fingerprint density at radius 2 is 1.77 bits per heavy atom. The molecule has 5 rings (SSSR count). The second-order valence-corrected chi connectivity index (χ2v) is 7.99. The standard InChI is InChI=1S/C24H23N3O4/c1-14-9-10-16(17(28)13-14)22-21-20-18(23(29)26(3)24(30)25(20)2)19(27(21)11-12-31-22)15-7-5-4-6-8-15/h4-10,13,22,28H,11-12H2,1-3H3/t22-/m1/s1. The van der Waals surface area contributed by atoms with Crippen LogP contribution in [0.1, 0.15) is 22.9 Å². The van der Waals surface area contributed by atoms with Gasteiger partial charge in [0.05, 0.1) is 28.9 Å². The summed E-state index contributed by atoms with van der Waals surface area (Å²) in [6.45, 7) is 2.86. The Bertz CT molecular complexity index is 1440. The van der Waals surface area contributed by atoms with Crippen LogP contribution >= 0.6 is 0 Å². The van der Waals surface area contributed by atoms with Gasteiger partial charge in [-0.3, -0.25) is 13.9 Å². The SMILES string of the molecule is Cc1ccc([C@H]2OCCn3c(-c4ccccc4)c4c(=O)n(C)c(=O)n(C)c4c32)c(O)c1. The number of hydrogen-bond acceptors (Lipinski definition) is 4. The highest BCUT2D eigenvalue weighted by atomic mass is 16.5. The molecule has 0 aliphatic carbocycles. The minimum absolute atomic E-state index is 0.128. The van der Waals surface area contributed by atoms with Crippen LogP contribution in [0, 0.1) is 6.92 Å². The molecule has 1 atom stereocenters. The van der Waals surface area contributed by atoms with Crippen molar-refractivity contribution in [2.24, 2.45) is 14.1 Å². The van der Waals surface area contributed by atoms with Crippen LogP contribution in [0.25, 0.3) is 22.2 Å². The number of fused-ring (bicyclic) bond motifs is 3. The van der Waals surface area contributed by atoms with Crippen molar-refractivity contribution in [2.45, 2.75) is 19.6 Å². The van der Waals surface area contributed by atoms with Gasteiger partial charge in [-0.05, 0) is 24.1 Å². The Morgan fingerprint density at radius 3 is 2.48 bits per heavy atom. The van der Waals surface area contributed by atoms with Crippen LogP contribution in [0.4, 0.5) is 0 Å². The molecule has 0 radical (unpaired) electrons. The molecule has 0 saturated heterocycles. The van der Waals surface area contributed by atoms with E-state index < -0.39 is 11.8 Å². The fourth-order valence-electron chi connectivity index (χ4n) is 4.59. The second kappa shape index (κ2) is 6.99. The molecule has 2 aromatic heterocycles. The third-order valence-corrected chi connectivity index (χ3v) is 6.07. The Balaban J connectivity index is 1.95. The van der Waals surface area contributed by atoms with Crippen molar-refractivity contribution in [1.29, 1.82) is 0 Å². The summed E-state index contributed by atoms with van der Waals surface area (Å²) in [4.78, 5) is 26.1. The molecule has 1 N–H and O–H groups in total. The first-order valence-electron chi connectivity index (χ1n) is 10.2. The summed E-state index contributed by atoms with van der Waals surface area (Å²) in [5.74, 6) is 0.128. The molecule has 31 heavy (non-hydrogen) atoms. The topological polar surface area (TPSA) is 78.4 Å². The molecule has 2 aromatic carbocycles. The number of aromatic nitrogens is 3. The van der Waals surface area contributed by atoms with Crippen LogP contribution < -0.4 is 11.2 Å². The average Bonchev–Trinajstić information content (AvgIpc) is 3.12. The molecule has 3 heterocycles. The number of ether oxygens (including phenoxy) is 1. The lowest BCUT2D eigenvalue weighted by Crippen LogP contribution is -2.37. The molecule has 1 aliphatic heterocycles. The minimum atomic E-state index is -0.605. The molecule has 0 spiro atoms. The average molecular weight is 417 g/mol. The van der Waals surface area contributed by atoms with E-state index in [4.69, 9.17) is 4.74 Å². The lowest BCUT2D eigenvalue weighted by atomic mass is 10.0. The van der Waals surface area contributed by atoms with Crippen molar-refractivity contribution in [3.05, 3.63) is 86.2 Å². The van der Waals surface area contributed by atoms with Crippen molar-refractivity contribution in [3.63, 3.8) is 0 Å². The van der Waals surface area contributed by atoms with Crippen molar-refractivity contribution < 1.29 is 9.84 Å². The van der Waals surface area contributed by atoms with E-state index in [0.717, 1.165) is 21.4 Å². The van der Waals surface area contributed by atoms with Crippen LogP contribution in [0.2, 0.25) is 0 Å². The van der Waals surface area contributed by atoms with Crippen molar-refractivity contribution >= 4 is 10.9 Å². The summed E-state index contributed by atoms with van der Waals surface area (Å²) in [6.07, 6.45) is -0.605. The first kappa shape index (κ1) is 19.4. The van der Waals surface area contributed by atoms with Crippen LogP contribution in [-0.2, 0) is 25.4 Å². The number of phenols is 1. The fourth-order valence-corrected chi connectivity index (χ4v) is 4.59. The van der Waals surface area contributed by atoms with Gasteiger partial charge < -0.3 is 14.4 Å². The molecule has 0 unspecified atom stereocenters. The molecule has 158 valence electrons. The smallest absolute Gasteiger partial charge is 0.331 e. The summed E-state index contributed by atoms with van der Waals surface area (Å²) in [7, 11) is 3.16. The van der Waals surface area contributed by atoms with Gasteiger partial charge in [0.1, 0.15) is 11.9 Å². The third kappa shape index (κ3) is 2.77. The second-order valence-electron chi connectivity index (χ2n) is 7.99. The predicted molar refractivity (Wildman–Crippen MR) is 118 cm³/mol. The Hall–Kier alpha value is -3.58. The number of rotatable bonds is 2. The number of hydrogen-bond donors (Lipinski definition) is 1. The number of aromatic hydroxyl groups is 1. The maximum atomic E-state index is 13.3. The van der Waals surface area contributed by atoms with Crippen LogP contribution in [0.3, 0.4) is 0 Å². The number of nitrogens with zero attached hydrogens (tertiary/aromatic N) is 3. The van der Waals surface area contributed by atoms with Gasteiger partial charge >= 0.3 is 5.69 Å². The summed E-state index contributed by atoms with van der Waals surface area (Å²) in [5, 5.41) is 11.1. The van der Waals surface area contributed by atoms with E-state index >= 15 is 0 Å². The molecule has 0 bridgehead atoms. The molecule has 1 aliphatic rings. The summed E-state index contributed by atoms with van der Waals surface area (Å²) in [6, 6.07) is 15.1. The molecular formula is C24H23N3O4. The number of phenolic OH excluding ortho intramolecular Hbond substituents is 1. The van der Waals surface area contributed by atoms with Crippen LogP contribution in [-0.4, -0.2) is 25.4 Å². The molecule has 0 amide bonds. The third-order valence-electron chi connectivity index (χ3n) is 6.07. The van der Waals surface area contributed by atoms with Gasteiger partial charge in [-0.25, -0.2) is 4.79 Å². The lowest BCUT2D eigenvalue weighted by Gasteiger charge is -2.28. The van der Waals surface area contributed by atoms with Crippen LogP contribution in [0.5, 0.6) is 5.75 Å². The Labute approximate surface area is 178 Å². The highest BCUT2D eigenvalue weighted by Gasteiger charge is 2.34. The van der Waals surface area contributed by atoms with E-state index in [1.54, 1.807) is 13.1 Å². The zero-order chi connectivity index (χ0) is 21.9. The molecule has 4 aromatic rings. The molecular weight excluding hydrogens is 394 g/mol. The lowest BCUT2D eigenvalue weighted by molar-refractivity contribution is 0.0464. The molecule has 0 saturated carbocycles. The summed E-state index contributed by atoms with van der Waals surface area (Å²) < 4.78 is 10.8. The predicted octanol–water partition coefficient (Wildman–Crippen LogP) is 2.84. The monoisotopic (exact) mass is 417 g/mol. The van der Waals surface area contributed by atoms with Gasteiger partial charge in [0, 0.05) is 26.2 Å². The van der Waals surface area contributed by atoms with Crippen LogP contribution in [0.15, 0.2) is 58.1 Å². The van der Waals surface area contributed by atoms with Gasteiger partial charge in [-0.1, -0.05) is 42.5 Å². The van der Waals surface area contributed by atoms with E-state index in [0.29, 0.717) is 35.3 Å².